The van der Waals surface area contributed by atoms with Crippen LogP contribution in [0.25, 0.3) is 55.8 Å². The number of para-hydroxylation sites is 1. The molecule has 0 saturated heterocycles. The Bertz CT molecular complexity index is 2360. The van der Waals surface area contributed by atoms with Crippen molar-refractivity contribution in [2.45, 2.75) is 19.5 Å². The minimum absolute atomic E-state index is 0.0905. The lowest BCUT2D eigenvalue weighted by atomic mass is 10.0. The number of benzene rings is 3. The lowest BCUT2D eigenvalue weighted by molar-refractivity contribution is 0.600. The molecule has 0 aliphatic heterocycles. The number of hydrogen-bond acceptors (Lipinski definition) is 7. The molecule has 0 aliphatic rings. The number of H-pyrrole nitrogens is 2. The Balaban J connectivity index is 1.22. The van der Waals surface area contributed by atoms with Crippen LogP contribution in [-0.4, -0.2) is 50.6 Å². The van der Waals surface area contributed by atoms with E-state index in [0.29, 0.717) is 57.7 Å². The fourth-order valence-electron chi connectivity index (χ4n) is 5.64. The fraction of sp³-hybridized carbons (Fsp3) is 0.143. The maximum Gasteiger partial charge on any atom is 0.161 e. The predicted octanol–water partition coefficient (Wildman–Crippen LogP) is 6.39. The molecular weight excluding hydrogens is 620 g/mol. The molecule has 4 heterocycles. The molecule has 3 aromatic carbocycles. The summed E-state index contributed by atoms with van der Waals surface area (Å²) in [5.74, 6) is -0.818. The number of hydrogen-bond donors (Lipinski definition) is 3. The van der Waals surface area contributed by atoms with Crippen molar-refractivity contribution in [1.82, 2.24) is 35.5 Å². The molecule has 0 unspecified atom stereocenters. The molecule has 0 bridgehead atoms. The standard InChI is InChI=1S/C35H29F2N7O2S/c1-47(45,46)11-10-22-12-24(15-26(36)14-22)27-8-5-9-28-33(27)42-35(41-28)34-30-29(43-44-34)20-40-32(31(30)37)25-13-23(18-39-19-25)17-38-16-21-6-3-2-4-7-21/h2-9,12-15,18-20,38H,10-11,16-17H2,1H3,(H,41,42)(H,43,44). The third kappa shape index (κ3) is 6.51. The minimum atomic E-state index is -3.22. The van der Waals surface area contributed by atoms with E-state index >= 15 is 4.39 Å². The summed E-state index contributed by atoms with van der Waals surface area (Å²) < 4.78 is 54.4. The van der Waals surface area contributed by atoms with Gasteiger partial charge in [0.15, 0.2) is 11.6 Å². The molecule has 0 saturated carbocycles. The van der Waals surface area contributed by atoms with E-state index in [1.165, 1.54) is 18.3 Å². The Morgan fingerprint density at radius 1 is 0.809 bits per heavy atom. The van der Waals surface area contributed by atoms with Crippen molar-refractivity contribution in [3.8, 4) is 33.9 Å². The summed E-state index contributed by atoms with van der Waals surface area (Å²) in [6, 6.07) is 21.8. The average Bonchev–Trinajstić information content (AvgIpc) is 3.69. The summed E-state index contributed by atoms with van der Waals surface area (Å²) >= 11 is 0. The zero-order chi connectivity index (χ0) is 32.5. The first-order chi connectivity index (χ1) is 22.7. The molecular formula is C35H29F2N7O2S. The minimum Gasteiger partial charge on any atom is -0.337 e. The number of pyridine rings is 2. The van der Waals surface area contributed by atoms with Gasteiger partial charge in [-0.2, -0.15) is 5.10 Å². The van der Waals surface area contributed by atoms with Crippen molar-refractivity contribution in [3.05, 3.63) is 120 Å². The van der Waals surface area contributed by atoms with E-state index in [1.807, 2.05) is 48.5 Å². The van der Waals surface area contributed by atoms with Gasteiger partial charge in [-0.05, 0) is 52.9 Å². The van der Waals surface area contributed by atoms with E-state index in [2.05, 4.69) is 30.5 Å². The van der Waals surface area contributed by atoms with Crippen LogP contribution in [0.5, 0.6) is 0 Å². The number of halogens is 2. The van der Waals surface area contributed by atoms with Gasteiger partial charge in [-0.3, -0.25) is 15.1 Å². The number of sulfone groups is 1. The Labute approximate surface area is 269 Å². The van der Waals surface area contributed by atoms with E-state index in [9.17, 15) is 12.8 Å². The molecule has 7 rings (SSSR count). The van der Waals surface area contributed by atoms with E-state index in [1.54, 1.807) is 24.5 Å². The zero-order valence-electron chi connectivity index (χ0n) is 25.3. The van der Waals surface area contributed by atoms with Crippen molar-refractivity contribution < 1.29 is 17.2 Å². The van der Waals surface area contributed by atoms with Crippen molar-refractivity contribution in [1.29, 1.82) is 0 Å². The maximum absolute atomic E-state index is 16.3. The van der Waals surface area contributed by atoms with Gasteiger partial charge in [-0.1, -0.05) is 48.5 Å². The van der Waals surface area contributed by atoms with Crippen LogP contribution in [0.15, 0.2) is 91.4 Å². The SMILES string of the molecule is CS(=O)(=O)CCc1cc(F)cc(-c2cccc3[nH]c(-c4n[nH]c5cnc(-c6cncc(CNCc7ccccc7)c6)c(F)c45)nc23)c1. The van der Waals surface area contributed by atoms with Gasteiger partial charge in [0.1, 0.15) is 27.0 Å². The third-order valence-corrected chi connectivity index (χ3v) is 8.83. The molecule has 0 atom stereocenters. The van der Waals surface area contributed by atoms with E-state index < -0.39 is 21.5 Å². The average molecular weight is 650 g/mol. The lowest BCUT2D eigenvalue weighted by Crippen LogP contribution is -2.12. The summed E-state index contributed by atoms with van der Waals surface area (Å²) in [6.07, 6.45) is 6.18. The summed E-state index contributed by atoms with van der Waals surface area (Å²) in [5.41, 5.74) is 6.29. The van der Waals surface area contributed by atoms with Crippen LogP contribution in [0, 0.1) is 11.6 Å². The van der Waals surface area contributed by atoms with Crippen molar-refractivity contribution in [2.75, 3.05) is 12.0 Å². The first-order valence-electron chi connectivity index (χ1n) is 14.9. The highest BCUT2D eigenvalue weighted by atomic mass is 32.2. The first-order valence-corrected chi connectivity index (χ1v) is 17.0. The predicted molar refractivity (Wildman–Crippen MR) is 178 cm³/mol. The van der Waals surface area contributed by atoms with Crippen LogP contribution in [0.4, 0.5) is 8.78 Å². The number of nitrogens with one attached hydrogen (secondary N) is 3. The Morgan fingerprint density at radius 3 is 2.45 bits per heavy atom. The van der Waals surface area contributed by atoms with Crippen LogP contribution < -0.4 is 5.32 Å². The quantitative estimate of drug-likeness (QED) is 0.157. The summed E-state index contributed by atoms with van der Waals surface area (Å²) in [7, 11) is -3.22. The Morgan fingerprint density at radius 2 is 1.62 bits per heavy atom. The number of rotatable bonds is 10. The van der Waals surface area contributed by atoms with Crippen molar-refractivity contribution >= 4 is 31.8 Å². The van der Waals surface area contributed by atoms with Crippen molar-refractivity contribution in [2.24, 2.45) is 0 Å². The second-order valence-electron chi connectivity index (χ2n) is 11.5. The van der Waals surface area contributed by atoms with Gasteiger partial charge in [0.25, 0.3) is 0 Å². The van der Waals surface area contributed by atoms with E-state index in [-0.39, 0.29) is 28.9 Å². The second-order valence-corrected chi connectivity index (χ2v) is 13.7. The number of fused-ring (bicyclic) bond motifs is 2. The monoisotopic (exact) mass is 649 g/mol. The van der Waals surface area contributed by atoms with Gasteiger partial charge < -0.3 is 10.3 Å². The van der Waals surface area contributed by atoms with Crippen LogP contribution >= 0.6 is 0 Å². The number of aromatic nitrogens is 6. The summed E-state index contributed by atoms with van der Waals surface area (Å²) in [6.45, 7) is 1.23. The molecule has 0 radical (unpaired) electrons. The van der Waals surface area contributed by atoms with Crippen LogP contribution in [0.1, 0.15) is 16.7 Å². The number of aryl methyl sites for hydroxylation is 1. The maximum atomic E-state index is 16.3. The van der Waals surface area contributed by atoms with Crippen LogP contribution in [-0.2, 0) is 29.3 Å². The smallest absolute Gasteiger partial charge is 0.161 e. The molecule has 0 aliphatic carbocycles. The normalized spacial score (nSPS) is 11.9. The number of imidazole rings is 1. The molecule has 9 nitrogen and oxygen atoms in total. The molecule has 236 valence electrons. The fourth-order valence-corrected chi connectivity index (χ4v) is 6.25. The van der Waals surface area contributed by atoms with Crippen molar-refractivity contribution in [3.63, 3.8) is 0 Å². The van der Waals surface area contributed by atoms with E-state index in [4.69, 9.17) is 4.98 Å². The summed E-state index contributed by atoms with van der Waals surface area (Å²) in [5, 5.41) is 10.8. The first kappa shape index (κ1) is 30.3. The topological polar surface area (TPSA) is 129 Å². The number of nitrogens with zero attached hydrogens (tertiary/aromatic N) is 4. The number of aromatic amines is 2. The molecule has 12 heteroatoms. The molecule has 3 N–H and O–H groups in total. The van der Waals surface area contributed by atoms with E-state index in [0.717, 1.165) is 17.4 Å². The highest BCUT2D eigenvalue weighted by Crippen LogP contribution is 2.35. The molecule has 0 amide bonds. The lowest BCUT2D eigenvalue weighted by Gasteiger charge is -2.08. The molecule has 47 heavy (non-hydrogen) atoms. The van der Waals surface area contributed by atoms with Crippen LogP contribution in [0.3, 0.4) is 0 Å². The molecule has 7 aromatic rings. The van der Waals surface area contributed by atoms with Gasteiger partial charge >= 0.3 is 0 Å². The van der Waals surface area contributed by atoms with Crippen LogP contribution in [0.2, 0.25) is 0 Å². The second kappa shape index (κ2) is 12.5. The van der Waals surface area contributed by atoms with Gasteiger partial charge in [0, 0.05) is 42.9 Å². The van der Waals surface area contributed by atoms with Gasteiger partial charge in [-0.25, -0.2) is 22.2 Å². The highest BCUT2D eigenvalue weighted by molar-refractivity contribution is 7.90. The molecule has 0 spiro atoms. The highest BCUT2D eigenvalue weighted by Gasteiger charge is 2.21. The molecule has 0 fully saturated rings. The largest absolute Gasteiger partial charge is 0.337 e. The Hall–Kier alpha value is -5.33. The summed E-state index contributed by atoms with van der Waals surface area (Å²) in [4.78, 5) is 16.7. The molecule has 4 aromatic heterocycles. The van der Waals surface area contributed by atoms with Gasteiger partial charge in [0.2, 0.25) is 0 Å². The third-order valence-electron chi connectivity index (χ3n) is 7.88. The zero-order valence-corrected chi connectivity index (χ0v) is 26.1. The Kier molecular flexibility index (Phi) is 8.04. The van der Waals surface area contributed by atoms with Gasteiger partial charge in [0.05, 0.1) is 33.9 Å². The van der Waals surface area contributed by atoms with Gasteiger partial charge in [-0.15, -0.1) is 0 Å².